The largest absolute Gasteiger partial charge is 0.303 e. The molecule has 21 heavy (non-hydrogen) atoms. The van der Waals surface area contributed by atoms with Gasteiger partial charge in [-0.3, -0.25) is 0 Å². The third-order valence-corrected chi connectivity index (χ3v) is 6.92. The summed E-state index contributed by atoms with van der Waals surface area (Å²) in [5.41, 5.74) is 2.67. The first-order valence-corrected chi connectivity index (χ1v) is 8.98. The smallest absolute Gasteiger partial charge is 0.120 e. The van der Waals surface area contributed by atoms with Gasteiger partial charge in [-0.1, -0.05) is 48.0 Å². The van der Waals surface area contributed by atoms with Gasteiger partial charge in [0.05, 0.1) is 4.75 Å². The molecule has 0 fully saturated rings. The van der Waals surface area contributed by atoms with Gasteiger partial charge in [0, 0.05) is 23.0 Å². The molecule has 0 saturated heterocycles. The molecule has 3 rings (SSSR count). The lowest BCUT2D eigenvalue weighted by Crippen LogP contribution is -2.35. The zero-order chi connectivity index (χ0) is 14.7. The Kier molecular flexibility index (Phi) is 4.32. The Labute approximate surface area is 134 Å². The Balaban J connectivity index is 2.19. The second-order valence-corrected chi connectivity index (χ2v) is 7.56. The molecule has 0 radical (unpaired) electrons. The third-order valence-electron chi connectivity index (χ3n) is 3.98. The molecule has 0 saturated carbocycles. The number of aldehydes is 1. The first-order valence-electron chi connectivity index (χ1n) is 7.12. The van der Waals surface area contributed by atoms with Crippen LogP contribution in [0, 0.1) is 5.92 Å². The maximum absolute atomic E-state index is 11.2. The van der Waals surface area contributed by atoms with E-state index in [1.165, 1.54) is 16.0 Å². The number of rotatable bonds is 4. The number of hydrogen-bond donors (Lipinski definition) is 0. The van der Waals surface area contributed by atoms with Crippen LogP contribution in [0.15, 0.2) is 59.5 Å². The maximum Gasteiger partial charge on any atom is 0.120 e. The SMILES string of the molecule is CC1=C[C@H](CC=O)[C@@](c2ccccc2)(c2cccs2)SC1. The number of allylic oxidation sites excluding steroid dienone is 1. The second-order valence-electron chi connectivity index (χ2n) is 5.39. The van der Waals surface area contributed by atoms with Crippen molar-refractivity contribution in [2.45, 2.75) is 18.1 Å². The van der Waals surface area contributed by atoms with Crippen LogP contribution in [0.4, 0.5) is 0 Å². The van der Waals surface area contributed by atoms with E-state index < -0.39 is 0 Å². The van der Waals surface area contributed by atoms with E-state index in [9.17, 15) is 4.79 Å². The average molecular weight is 314 g/mol. The van der Waals surface area contributed by atoms with Gasteiger partial charge in [0.15, 0.2) is 0 Å². The van der Waals surface area contributed by atoms with Crippen molar-refractivity contribution < 1.29 is 4.79 Å². The number of benzene rings is 1. The molecule has 1 aliphatic rings. The second kappa shape index (κ2) is 6.20. The molecule has 108 valence electrons. The van der Waals surface area contributed by atoms with Gasteiger partial charge in [0.25, 0.3) is 0 Å². The minimum Gasteiger partial charge on any atom is -0.303 e. The highest BCUT2D eigenvalue weighted by atomic mass is 32.2. The lowest BCUT2D eigenvalue weighted by atomic mass is 9.80. The highest BCUT2D eigenvalue weighted by molar-refractivity contribution is 8.00. The van der Waals surface area contributed by atoms with Crippen LogP contribution in [0.25, 0.3) is 0 Å². The molecule has 0 amide bonds. The Bertz CT molecular complexity index is 631. The van der Waals surface area contributed by atoms with Crippen LogP contribution in [0.3, 0.4) is 0 Å². The van der Waals surface area contributed by atoms with Crippen molar-refractivity contribution in [2.75, 3.05) is 5.75 Å². The average Bonchev–Trinajstić information content (AvgIpc) is 3.04. The van der Waals surface area contributed by atoms with E-state index in [1.807, 2.05) is 11.8 Å². The molecule has 1 aromatic carbocycles. The van der Waals surface area contributed by atoms with E-state index in [0.29, 0.717) is 6.42 Å². The van der Waals surface area contributed by atoms with E-state index in [4.69, 9.17) is 0 Å². The predicted molar refractivity (Wildman–Crippen MR) is 91.9 cm³/mol. The highest BCUT2D eigenvalue weighted by Gasteiger charge is 2.44. The van der Waals surface area contributed by atoms with Gasteiger partial charge in [0.1, 0.15) is 6.29 Å². The van der Waals surface area contributed by atoms with Crippen molar-refractivity contribution in [1.82, 2.24) is 0 Å². The van der Waals surface area contributed by atoms with Crippen LogP contribution in [-0.4, -0.2) is 12.0 Å². The van der Waals surface area contributed by atoms with Crippen LogP contribution in [0.1, 0.15) is 23.8 Å². The van der Waals surface area contributed by atoms with Gasteiger partial charge in [-0.25, -0.2) is 0 Å². The van der Waals surface area contributed by atoms with Crippen molar-refractivity contribution in [3.8, 4) is 0 Å². The topological polar surface area (TPSA) is 17.1 Å². The third kappa shape index (κ3) is 2.60. The van der Waals surface area contributed by atoms with Crippen LogP contribution in [-0.2, 0) is 9.54 Å². The van der Waals surface area contributed by atoms with E-state index in [2.05, 4.69) is 60.8 Å². The Morgan fingerprint density at radius 3 is 2.71 bits per heavy atom. The molecule has 0 spiro atoms. The zero-order valence-electron chi connectivity index (χ0n) is 12.0. The van der Waals surface area contributed by atoms with E-state index in [1.54, 1.807) is 11.3 Å². The number of thiophene rings is 1. The van der Waals surface area contributed by atoms with Gasteiger partial charge in [-0.15, -0.1) is 23.1 Å². The molecule has 0 N–H and O–H groups in total. The summed E-state index contributed by atoms with van der Waals surface area (Å²) in [6.45, 7) is 2.16. The molecular formula is C18H18OS2. The summed E-state index contributed by atoms with van der Waals surface area (Å²) < 4.78 is -0.129. The lowest BCUT2D eigenvalue weighted by Gasteiger charge is -2.41. The quantitative estimate of drug-likeness (QED) is 0.590. The molecule has 1 nitrogen and oxygen atoms in total. The minimum atomic E-state index is -0.129. The molecule has 0 aliphatic carbocycles. The number of hydrogen-bond acceptors (Lipinski definition) is 3. The maximum atomic E-state index is 11.2. The predicted octanol–water partition coefficient (Wildman–Crippen LogP) is 4.89. The highest BCUT2D eigenvalue weighted by Crippen LogP contribution is 2.54. The van der Waals surface area contributed by atoms with Gasteiger partial charge < -0.3 is 4.79 Å². The zero-order valence-corrected chi connectivity index (χ0v) is 13.6. The van der Waals surface area contributed by atoms with Gasteiger partial charge >= 0.3 is 0 Å². The van der Waals surface area contributed by atoms with Crippen molar-refractivity contribution >= 4 is 29.4 Å². The summed E-state index contributed by atoms with van der Waals surface area (Å²) in [7, 11) is 0. The summed E-state index contributed by atoms with van der Waals surface area (Å²) in [5, 5.41) is 2.13. The Hall–Kier alpha value is -1.32. The molecule has 2 atom stereocenters. The summed E-state index contributed by atoms with van der Waals surface area (Å²) >= 11 is 3.75. The normalized spacial score (nSPS) is 25.4. The molecule has 0 bridgehead atoms. The van der Waals surface area contributed by atoms with Crippen LogP contribution in [0.5, 0.6) is 0 Å². The molecular weight excluding hydrogens is 296 g/mol. The van der Waals surface area contributed by atoms with Crippen molar-refractivity contribution in [3.05, 3.63) is 69.9 Å². The number of thioether (sulfide) groups is 1. The summed E-state index contributed by atoms with van der Waals surface area (Å²) in [6.07, 6.45) is 3.93. The Morgan fingerprint density at radius 2 is 2.05 bits per heavy atom. The van der Waals surface area contributed by atoms with Crippen molar-refractivity contribution in [3.63, 3.8) is 0 Å². The Morgan fingerprint density at radius 1 is 1.24 bits per heavy atom. The monoisotopic (exact) mass is 314 g/mol. The summed E-state index contributed by atoms with van der Waals surface area (Å²) in [5.74, 6) is 1.23. The van der Waals surface area contributed by atoms with Crippen LogP contribution < -0.4 is 0 Å². The minimum absolute atomic E-state index is 0.129. The first kappa shape index (κ1) is 14.6. The molecule has 1 aromatic heterocycles. The van der Waals surface area contributed by atoms with E-state index >= 15 is 0 Å². The summed E-state index contributed by atoms with van der Waals surface area (Å²) in [6, 6.07) is 14.9. The number of carbonyl (C=O) groups excluding carboxylic acids is 1. The number of carbonyl (C=O) groups is 1. The first-order chi connectivity index (χ1) is 10.3. The molecule has 0 unspecified atom stereocenters. The van der Waals surface area contributed by atoms with Gasteiger partial charge in [-0.2, -0.15) is 0 Å². The van der Waals surface area contributed by atoms with Crippen molar-refractivity contribution in [2.24, 2.45) is 5.92 Å². The molecule has 2 heterocycles. The molecule has 1 aliphatic heterocycles. The fourth-order valence-corrected chi connectivity index (χ4v) is 5.72. The van der Waals surface area contributed by atoms with Crippen molar-refractivity contribution in [1.29, 1.82) is 0 Å². The fraction of sp³-hybridized carbons (Fsp3) is 0.278. The summed E-state index contributed by atoms with van der Waals surface area (Å²) in [4.78, 5) is 12.6. The van der Waals surface area contributed by atoms with Gasteiger partial charge in [-0.05, 0) is 23.9 Å². The standard InChI is InChI=1S/C18H18OS2/c1-14-12-16(9-10-19)18(21-13-14,17-8-5-11-20-17)15-6-3-2-4-7-15/h2-8,10-12,16H,9,13H2,1H3/t16-,18-/m0/s1. The molecule has 2 aromatic rings. The van der Waals surface area contributed by atoms with Gasteiger partial charge in [0.2, 0.25) is 0 Å². The van der Waals surface area contributed by atoms with E-state index in [-0.39, 0.29) is 10.7 Å². The van der Waals surface area contributed by atoms with Crippen LogP contribution in [0.2, 0.25) is 0 Å². The molecule has 3 heteroatoms. The van der Waals surface area contributed by atoms with E-state index in [0.717, 1.165) is 12.0 Å². The van der Waals surface area contributed by atoms with Crippen LogP contribution >= 0.6 is 23.1 Å². The lowest BCUT2D eigenvalue weighted by molar-refractivity contribution is -0.108. The fourth-order valence-electron chi connectivity index (χ4n) is 3.05.